The molecule has 0 saturated carbocycles. The van der Waals surface area contributed by atoms with Crippen LogP contribution in [0, 0.1) is 0 Å². The maximum atomic E-state index is 5.19. The van der Waals surface area contributed by atoms with E-state index in [4.69, 9.17) is 4.18 Å². The van der Waals surface area contributed by atoms with Gasteiger partial charge in [0, 0.05) is 5.56 Å². The van der Waals surface area contributed by atoms with E-state index in [1.165, 1.54) is 10.5 Å². The summed E-state index contributed by atoms with van der Waals surface area (Å²) in [5, 5.41) is 0. The SMILES string of the molecule is c1ccc2c(c1)CO[SH+]2. The maximum Gasteiger partial charge on any atom is 0.193 e. The molecule has 0 amide bonds. The van der Waals surface area contributed by atoms with Gasteiger partial charge in [0.05, 0.1) is 0 Å². The molecule has 1 heterocycles. The van der Waals surface area contributed by atoms with E-state index in [1.54, 1.807) is 0 Å². The van der Waals surface area contributed by atoms with E-state index < -0.39 is 0 Å². The topological polar surface area (TPSA) is 9.23 Å². The number of rotatable bonds is 0. The van der Waals surface area contributed by atoms with Crippen LogP contribution in [0.3, 0.4) is 0 Å². The summed E-state index contributed by atoms with van der Waals surface area (Å²) in [6.07, 6.45) is 0. The molecule has 1 aromatic carbocycles. The Morgan fingerprint density at radius 2 is 2.22 bits per heavy atom. The van der Waals surface area contributed by atoms with Crippen molar-refractivity contribution in [2.24, 2.45) is 0 Å². The number of hydrogen-bond donors (Lipinski definition) is 0. The lowest BCUT2D eigenvalue weighted by molar-refractivity contribution is 0.376. The first-order valence-electron chi connectivity index (χ1n) is 2.88. The summed E-state index contributed by atoms with van der Waals surface area (Å²) in [7, 11) is 0. The van der Waals surface area contributed by atoms with E-state index in [1.807, 2.05) is 12.1 Å². The molecule has 1 aliphatic heterocycles. The molecular formula is C7H7OS+. The highest BCUT2D eigenvalue weighted by Crippen LogP contribution is 2.19. The fourth-order valence-corrected chi connectivity index (χ4v) is 1.64. The van der Waals surface area contributed by atoms with Crippen molar-refractivity contribution < 1.29 is 4.18 Å². The van der Waals surface area contributed by atoms with Crippen LogP contribution in [0.25, 0.3) is 0 Å². The van der Waals surface area contributed by atoms with Gasteiger partial charge in [0.2, 0.25) is 0 Å². The summed E-state index contributed by atoms with van der Waals surface area (Å²) in [6.45, 7) is 0.789. The Hall–Kier alpha value is -0.470. The van der Waals surface area contributed by atoms with Gasteiger partial charge in [-0.3, -0.25) is 0 Å². The molecular weight excluding hydrogens is 132 g/mol. The van der Waals surface area contributed by atoms with Crippen molar-refractivity contribution in [2.45, 2.75) is 11.5 Å². The van der Waals surface area contributed by atoms with Crippen LogP contribution in [0.15, 0.2) is 29.2 Å². The molecule has 0 atom stereocenters. The minimum Gasteiger partial charge on any atom is -0.165 e. The molecule has 0 aliphatic carbocycles. The quantitative estimate of drug-likeness (QED) is 0.389. The fraction of sp³-hybridized carbons (Fsp3) is 0.143. The minimum absolute atomic E-state index is 0.789. The van der Waals surface area contributed by atoms with Gasteiger partial charge >= 0.3 is 0 Å². The smallest absolute Gasteiger partial charge is 0.165 e. The predicted molar refractivity (Wildman–Crippen MR) is 38.3 cm³/mol. The van der Waals surface area contributed by atoms with Gasteiger partial charge in [-0.25, -0.2) is 0 Å². The average molecular weight is 139 g/mol. The van der Waals surface area contributed by atoms with Gasteiger partial charge in [-0.2, -0.15) is 4.18 Å². The summed E-state index contributed by atoms with van der Waals surface area (Å²) >= 11 is 1.02. The van der Waals surface area contributed by atoms with Gasteiger partial charge in [-0.1, -0.05) is 18.2 Å². The van der Waals surface area contributed by atoms with Crippen LogP contribution in [0.2, 0.25) is 0 Å². The van der Waals surface area contributed by atoms with Crippen molar-refractivity contribution in [3.63, 3.8) is 0 Å². The standard InChI is InChI=1S/C7H6OS/c1-2-4-7-6(3-1)5-8-9-7/h1-4H,5H2/p+1. The number of hydrogen-bond acceptors (Lipinski definition) is 1. The molecule has 1 aliphatic rings. The number of benzene rings is 1. The summed E-state index contributed by atoms with van der Waals surface area (Å²) in [5.41, 5.74) is 1.33. The van der Waals surface area contributed by atoms with Gasteiger partial charge < -0.3 is 0 Å². The van der Waals surface area contributed by atoms with E-state index >= 15 is 0 Å². The van der Waals surface area contributed by atoms with Gasteiger partial charge in [-0.15, -0.1) is 0 Å². The summed E-state index contributed by atoms with van der Waals surface area (Å²) in [5.74, 6) is 0. The molecule has 0 fully saturated rings. The monoisotopic (exact) mass is 139 g/mol. The molecule has 1 aromatic rings. The third-order valence-electron chi connectivity index (χ3n) is 1.37. The van der Waals surface area contributed by atoms with Gasteiger partial charge in [0.1, 0.15) is 6.61 Å². The van der Waals surface area contributed by atoms with Crippen molar-refractivity contribution in [3.8, 4) is 0 Å². The highest BCUT2D eigenvalue weighted by molar-refractivity contribution is 7.73. The number of fused-ring (bicyclic) bond motifs is 1. The van der Waals surface area contributed by atoms with Crippen LogP contribution < -0.4 is 0 Å². The molecule has 0 aromatic heterocycles. The Morgan fingerprint density at radius 1 is 1.33 bits per heavy atom. The van der Waals surface area contributed by atoms with Gasteiger partial charge in [0.25, 0.3) is 0 Å². The van der Waals surface area contributed by atoms with Gasteiger partial charge in [-0.05, 0) is 6.07 Å². The highest BCUT2D eigenvalue weighted by Gasteiger charge is 2.18. The first-order chi connectivity index (χ1) is 4.47. The Morgan fingerprint density at radius 3 is 3.11 bits per heavy atom. The van der Waals surface area contributed by atoms with E-state index in [0.29, 0.717) is 0 Å². The third-order valence-corrected chi connectivity index (χ3v) is 2.27. The summed E-state index contributed by atoms with van der Waals surface area (Å²) in [4.78, 5) is 1.32. The zero-order valence-corrected chi connectivity index (χ0v) is 5.77. The molecule has 2 rings (SSSR count). The second-order valence-electron chi connectivity index (χ2n) is 1.99. The zero-order valence-electron chi connectivity index (χ0n) is 4.87. The van der Waals surface area contributed by atoms with Crippen LogP contribution in [-0.4, -0.2) is 0 Å². The van der Waals surface area contributed by atoms with Crippen LogP contribution in [0.4, 0.5) is 0 Å². The lowest BCUT2D eigenvalue weighted by Crippen LogP contribution is -1.75. The third kappa shape index (κ3) is 0.843. The average Bonchev–Trinajstić information content (AvgIpc) is 2.33. The van der Waals surface area contributed by atoms with E-state index in [-0.39, 0.29) is 0 Å². The van der Waals surface area contributed by atoms with Crippen LogP contribution >= 0.6 is 0 Å². The van der Waals surface area contributed by atoms with Crippen molar-refractivity contribution in [1.29, 1.82) is 0 Å². The molecule has 0 spiro atoms. The molecule has 9 heavy (non-hydrogen) atoms. The zero-order chi connectivity index (χ0) is 6.10. The Labute approximate surface area is 58.2 Å². The predicted octanol–water partition coefficient (Wildman–Crippen LogP) is 1.31. The Balaban J connectivity index is 2.54. The van der Waals surface area contributed by atoms with Crippen LogP contribution in [-0.2, 0) is 22.8 Å². The largest absolute Gasteiger partial charge is 0.193 e. The Bertz CT molecular complexity index is 199. The molecule has 0 bridgehead atoms. The van der Waals surface area contributed by atoms with Crippen molar-refractivity contribution in [3.05, 3.63) is 29.8 Å². The normalized spacial score (nSPS) is 15.6. The minimum atomic E-state index is 0.789. The lowest BCUT2D eigenvalue weighted by Gasteiger charge is -1.82. The van der Waals surface area contributed by atoms with Crippen molar-refractivity contribution in [1.82, 2.24) is 0 Å². The summed E-state index contributed by atoms with van der Waals surface area (Å²) in [6, 6.07) is 8.29. The van der Waals surface area contributed by atoms with Gasteiger partial charge in [0.15, 0.2) is 16.9 Å². The molecule has 0 unspecified atom stereocenters. The highest BCUT2D eigenvalue weighted by atomic mass is 32.2. The summed E-state index contributed by atoms with van der Waals surface area (Å²) < 4.78 is 5.19. The van der Waals surface area contributed by atoms with E-state index in [2.05, 4.69) is 12.1 Å². The first-order valence-corrected chi connectivity index (χ1v) is 3.69. The van der Waals surface area contributed by atoms with Crippen LogP contribution in [0.5, 0.6) is 0 Å². The van der Waals surface area contributed by atoms with E-state index in [9.17, 15) is 0 Å². The van der Waals surface area contributed by atoms with E-state index in [0.717, 1.165) is 18.6 Å². The van der Waals surface area contributed by atoms with Crippen LogP contribution in [0.1, 0.15) is 5.56 Å². The lowest BCUT2D eigenvalue weighted by atomic mass is 10.2. The molecule has 1 nitrogen and oxygen atoms in total. The molecule has 46 valence electrons. The van der Waals surface area contributed by atoms with Crippen molar-refractivity contribution >= 4 is 12.0 Å². The second-order valence-corrected chi connectivity index (χ2v) is 2.92. The molecule has 2 heteroatoms. The maximum absolute atomic E-state index is 5.19. The second kappa shape index (κ2) is 2.05. The first kappa shape index (κ1) is 5.33. The molecule has 0 N–H and O–H groups in total. The Kier molecular flexibility index (Phi) is 1.21. The molecule has 0 saturated heterocycles. The number of thiol groups is 1. The molecule has 0 radical (unpaired) electrons. The van der Waals surface area contributed by atoms with Crippen molar-refractivity contribution in [2.75, 3.05) is 0 Å². The fourth-order valence-electron chi connectivity index (χ4n) is 0.893.